The molecule has 0 saturated carbocycles. The molecule has 2 saturated heterocycles. The van der Waals surface area contributed by atoms with Crippen LogP contribution in [0.3, 0.4) is 0 Å². The van der Waals surface area contributed by atoms with Gasteiger partial charge in [-0.15, -0.1) is 0 Å². The van der Waals surface area contributed by atoms with Gasteiger partial charge in [-0.25, -0.2) is 13.8 Å². The number of hydrogen-bond donors (Lipinski definition) is 1. The Morgan fingerprint density at radius 2 is 1.97 bits per heavy atom. The molecule has 2 unspecified atom stereocenters. The summed E-state index contributed by atoms with van der Waals surface area (Å²) in [5.41, 5.74) is 1.33. The zero-order valence-electron chi connectivity index (χ0n) is 17.5. The summed E-state index contributed by atoms with van der Waals surface area (Å²) in [7, 11) is 0. The molecule has 2 aromatic rings. The van der Waals surface area contributed by atoms with Crippen molar-refractivity contribution >= 4 is 22.4 Å². The fourth-order valence-corrected chi connectivity index (χ4v) is 5.80. The number of halogens is 2. The third-order valence-corrected chi connectivity index (χ3v) is 7.13. The molecule has 3 aliphatic heterocycles. The topological polar surface area (TPSA) is 48.5 Å². The molecule has 2 bridgehead atoms. The smallest absolute Gasteiger partial charge is 0.227 e. The van der Waals surface area contributed by atoms with Gasteiger partial charge in [0, 0.05) is 49.1 Å². The molecule has 2 fully saturated rings. The predicted molar refractivity (Wildman–Crippen MR) is 115 cm³/mol. The number of hydrogen-bond acceptors (Lipinski definition) is 5. The van der Waals surface area contributed by atoms with Crippen molar-refractivity contribution in [2.75, 3.05) is 24.5 Å². The summed E-state index contributed by atoms with van der Waals surface area (Å²) in [4.78, 5) is 22.9. The number of thiazole rings is 1. The van der Waals surface area contributed by atoms with E-state index in [-0.39, 0.29) is 17.9 Å². The second-order valence-electron chi connectivity index (χ2n) is 7.79. The number of piperazine rings is 1. The van der Waals surface area contributed by atoms with E-state index in [0.29, 0.717) is 25.2 Å². The van der Waals surface area contributed by atoms with Gasteiger partial charge in [-0.2, -0.15) is 0 Å². The van der Waals surface area contributed by atoms with Crippen molar-refractivity contribution in [2.24, 2.45) is 0 Å². The van der Waals surface area contributed by atoms with E-state index in [4.69, 9.17) is 4.98 Å². The minimum absolute atomic E-state index is 0.0466. The molecule has 2 atom stereocenters. The van der Waals surface area contributed by atoms with Gasteiger partial charge in [-0.1, -0.05) is 31.3 Å². The first-order chi connectivity index (χ1) is 14.6. The largest absolute Gasteiger partial charge is 0.340 e. The van der Waals surface area contributed by atoms with Gasteiger partial charge >= 0.3 is 0 Å². The zero-order chi connectivity index (χ0) is 21.3. The Kier molecular flexibility index (Phi) is 6.34. The van der Waals surface area contributed by atoms with Gasteiger partial charge in [0.05, 0.1) is 18.7 Å². The van der Waals surface area contributed by atoms with E-state index < -0.39 is 11.6 Å². The Morgan fingerprint density at radius 1 is 1.23 bits per heavy atom. The van der Waals surface area contributed by atoms with Crippen LogP contribution in [0.1, 0.15) is 42.8 Å². The van der Waals surface area contributed by atoms with E-state index in [1.165, 1.54) is 25.0 Å². The van der Waals surface area contributed by atoms with Crippen LogP contribution in [0.15, 0.2) is 18.2 Å². The number of carbonyl (C=O) groups is 1. The molecule has 0 radical (unpaired) electrons. The number of anilines is 1. The highest BCUT2D eigenvalue weighted by Crippen LogP contribution is 2.38. The lowest BCUT2D eigenvalue weighted by atomic mass is 10.1. The van der Waals surface area contributed by atoms with E-state index in [9.17, 15) is 13.6 Å². The highest BCUT2D eigenvalue weighted by atomic mass is 32.1. The third kappa shape index (κ3) is 4.07. The third-order valence-electron chi connectivity index (χ3n) is 6.03. The van der Waals surface area contributed by atoms with Gasteiger partial charge in [-0.3, -0.25) is 4.79 Å². The van der Waals surface area contributed by atoms with Gasteiger partial charge in [-0.05, 0) is 24.5 Å². The SMILES string of the molecule is CC.O=C(Cc1ccc(F)cc1F)N1CCc2nc(N3C4CCC3CNC4)sc2C1. The number of nitrogens with one attached hydrogen (secondary N) is 1. The van der Waals surface area contributed by atoms with Gasteiger partial charge in [0.25, 0.3) is 0 Å². The van der Waals surface area contributed by atoms with Gasteiger partial charge in [0.1, 0.15) is 11.6 Å². The van der Waals surface area contributed by atoms with Gasteiger partial charge in [0.15, 0.2) is 5.13 Å². The molecule has 5 nitrogen and oxygen atoms in total. The van der Waals surface area contributed by atoms with Crippen LogP contribution in [0, 0.1) is 11.6 Å². The average Bonchev–Trinajstić information content (AvgIpc) is 3.28. The second kappa shape index (κ2) is 8.98. The molecule has 1 aromatic carbocycles. The molecule has 1 aromatic heterocycles. The monoisotopic (exact) mass is 434 g/mol. The first-order valence-electron chi connectivity index (χ1n) is 10.8. The van der Waals surface area contributed by atoms with Crippen LogP contribution >= 0.6 is 11.3 Å². The molecule has 1 amide bonds. The van der Waals surface area contributed by atoms with Crippen LogP contribution in [0.5, 0.6) is 0 Å². The number of fused-ring (bicyclic) bond motifs is 3. The molecule has 5 rings (SSSR count). The van der Waals surface area contributed by atoms with Crippen LogP contribution in [-0.2, 0) is 24.2 Å². The second-order valence-corrected chi connectivity index (χ2v) is 8.86. The molecule has 3 aliphatic rings. The summed E-state index contributed by atoms with van der Waals surface area (Å²) < 4.78 is 26.9. The van der Waals surface area contributed by atoms with Crippen LogP contribution in [0.4, 0.5) is 13.9 Å². The minimum Gasteiger partial charge on any atom is -0.340 e. The van der Waals surface area contributed by atoms with Crippen molar-refractivity contribution in [3.8, 4) is 0 Å². The maximum absolute atomic E-state index is 13.9. The van der Waals surface area contributed by atoms with Crippen molar-refractivity contribution in [3.63, 3.8) is 0 Å². The first kappa shape index (κ1) is 21.2. The number of nitrogens with zero attached hydrogens (tertiary/aromatic N) is 3. The average molecular weight is 435 g/mol. The van der Waals surface area contributed by atoms with Crippen LogP contribution in [0.2, 0.25) is 0 Å². The molecule has 162 valence electrons. The maximum atomic E-state index is 13.9. The molecule has 0 aliphatic carbocycles. The van der Waals surface area contributed by atoms with E-state index in [1.54, 1.807) is 16.2 Å². The molecule has 30 heavy (non-hydrogen) atoms. The van der Waals surface area contributed by atoms with Crippen molar-refractivity contribution in [2.45, 2.75) is 58.2 Å². The summed E-state index contributed by atoms with van der Waals surface area (Å²) >= 11 is 1.69. The van der Waals surface area contributed by atoms with Gasteiger partial charge in [0.2, 0.25) is 5.91 Å². The number of carbonyl (C=O) groups excluding carboxylic acids is 1. The van der Waals surface area contributed by atoms with Gasteiger partial charge < -0.3 is 15.1 Å². The molecule has 8 heteroatoms. The standard InChI is InChI=1S/C20H22F2N4OS.C2H6/c21-13-2-1-12(16(22)8-13)7-19(27)25-6-5-17-18(11-25)28-20(24-17)26-14-3-4-15(26)10-23-9-14;1-2/h1-2,8,14-15,23H,3-7,9-11H2;1-2H3. The zero-order valence-corrected chi connectivity index (χ0v) is 18.3. The summed E-state index contributed by atoms with van der Waals surface area (Å²) in [5.74, 6) is -1.43. The Balaban J connectivity index is 0.00000106. The Bertz CT molecular complexity index is 903. The summed E-state index contributed by atoms with van der Waals surface area (Å²) in [6, 6.07) is 4.41. The molecule has 1 N–H and O–H groups in total. The van der Waals surface area contributed by atoms with E-state index in [2.05, 4.69) is 10.2 Å². The van der Waals surface area contributed by atoms with Crippen LogP contribution in [-0.4, -0.2) is 47.5 Å². The number of rotatable bonds is 3. The Labute approximate surface area is 180 Å². The number of benzene rings is 1. The van der Waals surface area contributed by atoms with Crippen molar-refractivity contribution in [1.82, 2.24) is 15.2 Å². The Morgan fingerprint density at radius 3 is 2.67 bits per heavy atom. The molecular formula is C22H28F2N4OS. The predicted octanol–water partition coefficient (Wildman–Crippen LogP) is 3.52. The van der Waals surface area contributed by atoms with Crippen molar-refractivity contribution in [1.29, 1.82) is 0 Å². The highest BCUT2D eigenvalue weighted by Gasteiger charge is 2.39. The Hall–Kier alpha value is -2.06. The number of amides is 1. The lowest BCUT2D eigenvalue weighted by molar-refractivity contribution is -0.131. The van der Waals surface area contributed by atoms with Crippen LogP contribution in [0.25, 0.3) is 0 Å². The molecule has 4 heterocycles. The van der Waals surface area contributed by atoms with Crippen molar-refractivity contribution in [3.05, 3.63) is 46.0 Å². The lowest BCUT2D eigenvalue weighted by Gasteiger charge is -2.35. The van der Waals surface area contributed by atoms with Crippen molar-refractivity contribution < 1.29 is 13.6 Å². The van der Waals surface area contributed by atoms with Crippen LogP contribution < -0.4 is 10.2 Å². The summed E-state index contributed by atoms with van der Waals surface area (Å²) in [6.45, 7) is 7.13. The fraction of sp³-hybridized carbons (Fsp3) is 0.545. The summed E-state index contributed by atoms with van der Waals surface area (Å²) in [5, 5.41) is 4.57. The maximum Gasteiger partial charge on any atom is 0.227 e. The first-order valence-corrected chi connectivity index (χ1v) is 11.6. The quantitative estimate of drug-likeness (QED) is 0.803. The van der Waals surface area contributed by atoms with E-state index >= 15 is 0 Å². The highest BCUT2D eigenvalue weighted by molar-refractivity contribution is 7.15. The molecule has 0 spiro atoms. The number of aromatic nitrogens is 1. The van der Waals surface area contributed by atoms with E-state index in [0.717, 1.165) is 41.3 Å². The van der Waals surface area contributed by atoms with E-state index in [1.807, 2.05) is 13.8 Å². The lowest BCUT2D eigenvalue weighted by Crippen LogP contribution is -2.51. The fourth-order valence-electron chi connectivity index (χ4n) is 4.54. The summed E-state index contributed by atoms with van der Waals surface area (Å²) in [6.07, 6.45) is 3.09. The normalized spacial score (nSPS) is 22.4. The molecular weight excluding hydrogens is 406 g/mol. The minimum atomic E-state index is -0.666.